The molecule has 3 heterocycles. The maximum absolute atomic E-state index is 13.4. The van der Waals surface area contributed by atoms with Crippen LogP contribution < -0.4 is 0 Å². The van der Waals surface area contributed by atoms with E-state index in [0.717, 1.165) is 30.6 Å². The van der Waals surface area contributed by atoms with Gasteiger partial charge in [0.05, 0.1) is 15.9 Å². The van der Waals surface area contributed by atoms with Crippen LogP contribution in [0.4, 0.5) is 0 Å². The first-order chi connectivity index (χ1) is 14.4. The highest BCUT2D eigenvalue weighted by atomic mass is 32.2. The maximum atomic E-state index is 13.4. The van der Waals surface area contributed by atoms with Gasteiger partial charge in [0.1, 0.15) is 0 Å². The number of benzene rings is 1. The third-order valence-electron chi connectivity index (χ3n) is 5.51. The highest BCUT2D eigenvalue weighted by molar-refractivity contribution is 7.89. The van der Waals surface area contributed by atoms with E-state index in [1.807, 2.05) is 17.5 Å². The third kappa shape index (κ3) is 4.63. The average Bonchev–Trinajstić information content (AvgIpc) is 3.50. The lowest BCUT2D eigenvalue weighted by Gasteiger charge is -2.24. The monoisotopic (exact) mass is 470 g/mol. The minimum absolute atomic E-state index is 0.0948. The number of ether oxygens (including phenoxy) is 1. The molecule has 10 heteroatoms. The molecule has 0 bridgehead atoms. The van der Waals surface area contributed by atoms with Gasteiger partial charge in [-0.3, -0.25) is 0 Å². The molecule has 0 radical (unpaired) electrons. The molecule has 2 fully saturated rings. The lowest BCUT2D eigenvalue weighted by molar-refractivity contribution is 0.0927. The van der Waals surface area contributed by atoms with E-state index in [1.165, 1.54) is 44.2 Å². The van der Waals surface area contributed by atoms with Crippen molar-refractivity contribution in [2.45, 2.75) is 48.1 Å². The summed E-state index contributed by atoms with van der Waals surface area (Å²) in [7, 11) is -7.37. The summed E-state index contributed by atoms with van der Waals surface area (Å²) < 4.78 is 60.8. The molecule has 164 valence electrons. The van der Waals surface area contributed by atoms with Gasteiger partial charge in [-0.1, -0.05) is 6.07 Å². The Balaban J connectivity index is 1.58. The molecule has 0 N–H and O–H groups in total. The SMILES string of the molecule is O=S(=O)(c1ccc(S(=O)(=O)N(Cc2cccs2)C[C@H]2CCCO2)cc1)N1CCCC1. The molecule has 4 rings (SSSR count). The van der Waals surface area contributed by atoms with Crippen molar-refractivity contribution in [2.75, 3.05) is 26.2 Å². The van der Waals surface area contributed by atoms with E-state index in [1.54, 1.807) is 0 Å². The van der Waals surface area contributed by atoms with E-state index in [4.69, 9.17) is 4.74 Å². The molecule has 7 nitrogen and oxygen atoms in total. The van der Waals surface area contributed by atoms with Gasteiger partial charge >= 0.3 is 0 Å². The summed E-state index contributed by atoms with van der Waals surface area (Å²) in [5.74, 6) is 0. The number of hydrogen-bond donors (Lipinski definition) is 0. The van der Waals surface area contributed by atoms with E-state index in [2.05, 4.69) is 0 Å². The fourth-order valence-corrected chi connectivity index (χ4v) is 7.62. The number of hydrogen-bond acceptors (Lipinski definition) is 6. The largest absolute Gasteiger partial charge is 0.377 e. The van der Waals surface area contributed by atoms with Crippen molar-refractivity contribution in [1.82, 2.24) is 8.61 Å². The van der Waals surface area contributed by atoms with Crippen molar-refractivity contribution >= 4 is 31.4 Å². The van der Waals surface area contributed by atoms with Crippen molar-refractivity contribution in [1.29, 1.82) is 0 Å². The highest BCUT2D eigenvalue weighted by Gasteiger charge is 2.31. The summed E-state index contributed by atoms with van der Waals surface area (Å²) in [5.41, 5.74) is 0. The van der Waals surface area contributed by atoms with Gasteiger partial charge in [-0.25, -0.2) is 16.8 Å². The van der Waals surface area contributed by atoms with Crippen LogP contribution in [-0.4, -0.2) is 57.8 Å². The lowest BCUT2D eigenvalue weighted by Crippen LogP contribution is -2.36. The summed E-state index contributed by atoms with van der Waals surface area (Å²) in [4.78, 5) is 1.18. The number of nitrogens with zero attached hydrogens (tertiary/aromatic N) is 2. The van der Waals surface area contributed by atoms with Gasteiger partial charge in [-0.2, -0.15) is 8.61 Å². The summed E-state index contributed by atoms with van der Waals surface area (Å²) >= 11 is 1.51. The molecule has 1 aromatic carbocycles. The van der Waals surface area contributed by atoms with E-state index in [-0.39, 0.29) is 29.0 Å². The van der Waals surface area contributed by atoms with Crippen LogP contribution in [0.15, 0.2) is 51.6 Å². The molecule has 2 aromatic rings. The molecule has 0 unspecified atom stereocenters. The number of thiophene rings is 1. The predicted octanol–water partition coefficient (Wildman–Crippen LogP) is 2.90. The van der Waals surface area contributed by atoms with Crippen molar-refractivity contribution < 1.29 is 21.6 Å². The molecule has 1 atom stereocenters. The molecule has 0 spiro atoms. The molecule has 2 aliphatic rings. The van der Waals surface area contributed by atoms with Crippen LogP contribution >= 0.6 is 11.3 Å². The first kappa shape index (κ1) is 21.9. The third-order valence-corrected chi connectivity index (χ3v) is 10.1. The predicted molar refractivity (Wildman–Crippen MR) is 115 cm³/mol. The Labute approximate surface area is 182 Å². The summed E-state index contributed by atoms with van der Waals surface area (Å²) in [6, 6.07) is 9.40. The van der Waals surface area contributed by atoms with Gasteiger partial charge < -0.3 is 4.74 Å². The van der Waals surface area contributed by atoms with Gasteiger partial charge in [-0.15, -0.1) is 11.3 Å². The zero-order valence-electron chi connectivity index (χ0n) is 16.6. The van der Waals surface area contributed by atoms with Gasteiger partial charge in [0.15, 0.2) is 0 Å². The zero-order valence-corrected chi connectivity index (χ0v) is 19.1. The van der Waals surface area contributed by atoms with Crippen LogP contribution in [0.1, 0.15) is 30.6 Å². The van der Waals surface area contributed by atoms with Gasteiger partial charge in [0, 0.05) is 37.7 Å². The quantitative estimate of drug-likeness (QED) is 0.592. The first-order valence-corrected chi connectivity index (χ1v) is 13.9. The van der Waals surface area contributed by atoms with Gasteiger partial charge in [0.2, 0.25) is 20.0 Å². The first-order valence-electron chi connectivity index (χ1n) is 10.1. The minimum atomic E-state index is -3.79. The maximum Gasteiger partial charge on any atom is 0.243 e. The lowest BCUT2D eigenvalue weighted by atomic mass is 10.2. The second-order valence-electron chi connectivity index (χ2n) is 7.59. The van der Waals surface area contributed by atoms with Crippen molar-refractivity contribution in [3.63, 3.8) is 0 Å². The Hall–Kier alpha value is -1.30. The Morgan fingerprint density at radius 3 is 2.30 bits per heavy atom. The molecule has 0 aliphatic carbocycles. The Morgan fingerprint density at radius 1 is 1.00 bits per heavy atom. The van der Waals surface area contributed by atoms with Gasteiger partial charge in [-0.05, 0) is 61.4 Å². The van der Waals surface area contributed by atoms with Crippen molar-refractivity contribution in [3.05, 3.63) is 46.7 Å². The Kier molecular flexibility index (Phi) is 6.61. The highest BCUT2D eigenvalue weighted by Crippen LogP contribution is 2.26. The smallest absolute Gasteiger partial charge is 0.243 e. The topological polar surface area (TPSA) is 84.0 Å². The van der Waals surface area contributed by atoms with E-state index < -0.39 is 20.0 Å². The molecule has 30 heavy (non-hydrogen) atoms. The molecule has 0 amide bonds. The molecule has 1 aromatic heterocycles. The van der Waals surface area contributed by atoms with Crippen LogP contribution in [-0.2, 0) is 31.3 Å². The van der Waals surface area contributed by atoms with Crippen LogP contribution in [0.5, 0.6) is 0 Å². The Bertz CT molecular complexity index is 1040. The molecule has 0 saturated carbocycles. The molecule has 2 aliphatic heterocycles. The van der Waals surface area contributed by atoms with E-state index >= 15 is 0 Å². The molecule has 2 saturated heterocycles. The van der Waals surface area contributed by atoms with Gasteiger partial charge in [0.25, 0.3) is 0 Å². The summed E-state index contributed by atoms with van der Waals surface area (Å²) in [5, 5.41) is 1.92. The van der Waals surface area contributed by atoms with Crippen LogP contribution in [0.3, 0.4) is 0 Å². The zero-order chi connectivity index (χ0) is 21.2. The van der Waals surface area contributed by atoms with Crippen LogP contribution in [0, 0.1) is 0 Å². The van der Waals surface area contributed by atoms with Crippen molar-refractivity contribution in [3.8, 4) is 0 Å². The standard InChI is InChI=1S/C20H26N2O5S3/c23-29(24,21-11-1-2-12-21)19-7-9-20(10-8-19)30(25,26)22(15-17-5-3-13-27-17)16-18-6-4-14-28-18/h4,6-10,14,17H,1-3,5,11-13,15-16H2/t17-/m1/s1. The number of sulfonamides is 2. The molecular formula is C20H26N2O5S3. The summed E-state index contributed by atoms with van der Waals surface area (Å²) in [6.45, 7) is 2.24. The Morgan fingerprint density at radius 2 is 1.70 bits per heavy atom. The summed E-state index contributed by atoms with van der Waals surface area (Å²) in [6.07, 6.45) is 3.36. The fraction of sp³-hybridized carbons (Fsp3) is 0.500. The van der Waals surface area contributed by atoms with Crippen LogP contribution in [0.2, 0.25) is 0 Å². The minimum Gasteiger partial charge on any atom is -0.377 e. The van der Waals surface area contributed by atoms with Crippen molar-refractivity contribution in [2.24, 2.45) is 0 Å². The second-order valence-corrected chi connectivity index (χ2v) is 12.5. The second kappa shape index (κ2) is 9.05. The normalized spacial score (nSPS) is 20.9. The van der Waals surface area contributed by atoms with E-state index in [9.17, 15) is 16.8 Å². The van der Waals surface area contributed by atoms with Crippen LogP contribution in [0.25, 0.3) is 0 Å². The van der Waals surface area contributed by atoms with E-state index in [0.29, 0.717) is 19.7 Å². The average molecular weight is 471 g/mol. The number of rotatable bonds is 8. The molecular weight excluding hydrogens is 444 g/mol. The fourth-order valence-electron chi connectivity index (χ4n) is 3.85.